The van der Waals surface area contributed by atoms with Crippen molar-refractivity contribution in [1.29, 1.82) is 0 Å². The topological polar surface area (TPSA) is 42.4 Å². The van der Waals surface area contributed by atoms with E-state index in [2.05, 4.69) is 58.7 Å². The average molecular weight is 466 g/mol. The first-order valence-corrected chi connectivity index (χ1v) is 12.6. The van der Waals surface area contributed by atoms with Gasteiger partial charge in [-0.2, -0.15) is 0 Å². The molecule has 32 heavy (non-hydrogen) atoms. The van der Waals surface area contributed by atoms with Crippen molar-refractivity contribution < 1.29 is 4.79 Å². The molecule has 2 aromatic rings. The van der Waals surface area contributed by atoms with Crippen LogP contribution in [0.3, 0.4) is 0 Å². The minimum atomic E-state index is 0.0712. The van der Waals surface area contributed by atoms with E-state index in [4.69, 9.17) is 4.99 Å². The van der Waals surface area contributed by atoms with Gasteiger partial charge in [0, 0.05) is 49.7 Å². The van der Waals surface area contributed by atoms with E-state index in [-0.39, 0.29) is 12.2 Å². The Bertz CT molecular complexity index is 1060. The van der Waals surface area contributed by atoms with Crippen molar-refractivity contribution in [3.05, 3.63) is 66.6 Å². The molecule has 1 atom stereocenters. The van der Waals surface area contributed by atoms with Gasteiger partial charge in [0.05, 0.1) is 16.4 Å². The van der Waals surface area contributed by atoms with Crippen molar-refractivity contribution in [2.24, 2.45) is 4.99 Å². The summed E-state index contributed by atoms with van der Waals surface area (Å²) in [6.45, 7) is 13.1. The Hall–Kier alpha value is -2.55. The maximum absolute atomic E-state index is 12.8. The van der Waals surface area contributed by atoms with Crippen molar-refractivity contribution in [2.75, 3.05) is 45.8 Å². The molecular formula is C24H27N5OS2. The highest BCUT2D eigenvalue weighted by molar-refractivity contribution is 8.01. The van der Waals surface area contributed by atoms with Gasteiger partial charge in [-0.15, -0.1) is 24.5 Å². The van der Waals surface area contributed by atoms with Crippen molar-refractivity contribution in [3.8, 4) is 0 Å². The first kappa shape index (κ1) is 21.3. The number of carbonyl (C=O) groups is 1. The van der Waals surface area contributed by atoms with Gasteiger partial charge in [-0.1, -0.05) is 36.0 Å². The van der Waals surface area contributed by atoms with Crippen LogP contribution in [0.1, 0.15) is 5.56 Å². The number of thiophene rings is 1. The molecule has 1 unspecified atom stereocenters. The van der Waals surface area contributed by atoms with Gasteiger partial charge in [0.1, 0.15) is 12.0 Å². The minimum Gasteiger partial charge on any atom is -0.353 e. The summed E-state index contributed by atoms with van der Waals surface area (Å²) < 4.78 is 1.30. The van der Waals surface area contributed by atoms with Crippen LogP contribution in [0, 0.1) is 0 Å². The van der Waals surface area contributed by atoms with E-state index < -0.39 is 0 Å². The molecule has 6 nitrogen and oxygen atoms in total. The molecule has 0 aliphatic carbocycles. The number of carbonyl (C=O) groups excluding carboxylic acids is 1. The molecule has 3 aliphatic rings. The van der Waals surface area contributed by atoms with Gasteiger partial charge in [0.15, 0.2) is 0 Å². The molecule has 2 amide bonds. The number of para-hydroxylation sites is 1. The van der Waals surface area contributed by atoms with Gasteiger partial charge < -0.3 is 14.7 Å². The summed E-state index contributed by atoms with van der Waals surface area (Å²) in [5.41, 5.74) is 2.27. The number of aliphatic imine (C=N–C) groups is 1. The Balaban J connectivity index is 1.35. The highest BCUT2D eigenvalue weighted by Gasteiger charge is 2.40. The zero-order valence-corrected chi connectivity index (χ0v) is 19.7. The van der Waals surface area contributed by atoms with E-state index in [0.717, 1.165) is 37.7 Å². The largest absolute Gasteiger partial charge is 0.353 e. The van der Waals surface area contributed by atoms with Crippen LogP contribution in [0.25, 0.3) is 0 Å². The van der Waals surface area contributed by atoms with Crippen LogP contribution in [-0.2, 0) is 0 Å². The summed E-state index contributed by atoms with van der Waals surface area (Å²) in [6, 6.07) is 10.6. The fourth-order valence-electron chi connectivity index (χ4n) is 4.57. The molecule has 0 radical (unpaired) electrons. The molecule has 1 aromatic heterocycles. The quantitative estimate of drug-likeness (QED) is 0.616. The lowest BCUT2D eigenvalue weighted by Crippen LogP contribution is -2.56. The number of hydrogen-bond donors (Lipinski definition) is 0. The molecule has 3 aliphatic heterocycles. The van der Waals surface area contributed by atoms with Crippen LogP contribution in [0.5, 0.6) is 0 Å². The summed E-state index contributed by atoms with van der Waals surface area (Å²) in [5.74, 6) is 1.07. The number of rotatable bonds is 5. The van der Waals surface area contributed by atoms with E-state index in [1.54, 1.807) is 17.4 Å². The Kier molecular flexibility index (Phi) is 6.08. The van der Waals surface area contributed by atoms with Crippen LogP contribution in [0.15, 0.2) is 75.1 Å². The third-order valence-electron chi connectivity index (χ3n) is 6.14. The predicted molar refractivity (Wildman–Crippen MR) is 132 cm³/mol. The van der Waals surface area contributed by atoms with Gasteiger partial charge >= 0.3 is 6.03 Å². The van der Waals surface area contributed by atoms with Crippen LogP contribution in [0.4, 0.5) is 10.5 Å². The number of fused-ring (bicyclic) bond motifs is 2. The molecule has 166 valence electrons. The second-order valence-electron chi connectivity index (χ2n) is 8.05. The van der Waals surface area contributed by atoms with Crippen molar-refractivity contribution >= 4 is 40.7 Å². The first-order chi connectivity index (χ1) is 15.7. The Morgan fingerprint density at radius 3 is 2.62 bits per heavy atom. The molecule has 2 saturated heterocycles. The lowest BCUT2D eigenvalue weighted by molar-refractivity contribution is 0.0693. The van der Waals surface area contributed by atoms with E-state index in [9.17, 15) is 4.79 Å². The normalized spacial score (nSPS) is 21.1. The fourth-order valence-corrected chi connectivity index (χ4v) is 6.64. The van der Waals surface area contributed by atoms with E-state index in [0.29, 0.717) is 19.6 Å². The highest BCUT2D eigenvalue weighted by Crippen LogP contribution is 2.43. The SMILES string of the molecule is C=CCN1CC(N2CCN(C3=Nc4ccccc4Sc4sccc43)CC2)N(CC=C)C1=O. The number of hydrogen-bond acceptors (Lipinski definition) is 6. The average Bonchev–Trinajstić information content (AvgIpc) is 3.35. The van der Waals surface area contributed by atoms with Crippen molar-refractivity contribution in [1.82, 2.24) is 19.6 Å². The lowest BCUT2D eigenvalue weighted by atomic mass is 10.2. The van der Waals surface area contributed by atoms with Gasteiger partial charge in [-0.25, -0.2) is 9.79 Å². The summed E-state index contributed by atoms with van der Waals surface area (Å²) >= 11 is 3.59. The number of amidine groups is 1. The number of nitrogens with zero attached hydrogens (tertiary/aromatic N) is 5. The summed E-state index contributed by atoms with van der Waals surface area (Å²) in [4.78, 5) is 27.8. The van der Waals surface area contributed by atoms with Crippen molar-refractivity contribution in [2.45, 2.75) is 15.3 Å². The van der Waals surface area contributed by atoms with E-state index in [1.807, 2.05) is 27.6 Å². The molecule has 4 heterocycles. The van der Waals surface area contributed by atoms with Crippen LogP contribution < -0.4 is 0 Å². The zero-order valence-electron chi connectivity index (χ0n) is 18.0. The third kappa shape index (κ3) is 3.87. The number of urea groups is 1. The summed E-state index contributed by atoms with van der Waals surface area (Å²) in [5, 5.41) is 2.16. The van der Waals surface area contributed by atoms with Gasteiger partial charge in [0.25, 0.3) is 0 Å². The van der Waals surface area contributed by atoms with E-state index in [1.165, 1.54) is 14.7 Å². The molecule has 2 fully saturated rings. The van der Waals surface area contributed by atoms with E-state index >= 15 is 0 Å². The first-order valence-electron chi connectivity index (χ1n) is 10.9. The predicted octanol–water partition coefficient (Wildman–Crippen LogP) is 4.34. The monoisotopic (exact) mass is 465 g/mol. The molecule has 5 rings (SSSR count). The fraction of sp³-hybridized carbons (Fsp3) is 0.333. The minimum absolute atomic E-state index is 0.0712. The molecule has 0 saturated carbocycles. The number of piperazine rings is 1. The summed E-state index contributed by atoms with van der Waals surface area (Å²) in [6.07, 6.45) is 3.68. The van der Waals surface area contributed by atoms with Crippen LogP contribution in [-0.4, -0.2) is 83.4 Å². The van der Waals surface area contributed by atoms with Gasteiger partial charge in [0.2, 0.25) is 0 Å². The van der Waals surface area contributed by atoms with Gasteiger partial charge in [-0.3, -0.25) is 4.90 Å². The van der Waals surface area contributed by atoms with Crippen LogP contribution in [0.2, 0.25) is 0 Å². The smallest absolute Gasteiger partial charge is 0.322 e. The standard InChI is InChI=1S/C24H27N5OS2/c1-3-10-28-17-21(29(11-4-2)24(28)30)26-12-14-27(15-13-26)22-18-9-16-31-23(18)32-20-8-6-5-7-19(20)25-22/h3-9,16,21H,1-2,10-15,17H2. The molecule has 0 N–H and O–H groups in total. The Labute approximate surface area is 197 Å². The molecule has 1 aromatic carbocycles. The second kappa shape index (κ2) is 9.13. The lowest BCUT2D eigenvalue weighted by Gasteiger charge is -2.41. The molecule has 8 heteroatoms. The molecular weight excluding hydrogens is 438 g/mol. The maximum atomic E-state index is 12.8. The maximum Gasteiger partial charge on any atom is 0.322 e. The molecule has 0 spiro atoms. The number of amides is 2. The van der Waals surface area contributed by atoms with Crippen molar-refractivity contribution in [3.63, 3.8) is 0 Å². The highest BCUT2D eigenvalue weighted by atomic mass is 32.2. The Morgan fingerprint density at radius 1 is 1.06 bits per heavy atom. The Morgan fingerprint density at radius 2 is 1.84 bits per heavy atom. The van der Waals surface area contributed by atoms with Gasteiger partial charge in [-0.05, 0) is 23.6 Å². The number of benzene rings is 1. The van der Waals surface area contributed by atoms with Crippen LogP contribution >= 0.6 is 23.1 Å². The third-order valence-corrected chi connectivity index (χ3v) is 8.35. The zero-order chi connectivity index (χ0) is 22.1. The summed E-state index contributed by atoms with van der Waals surface area (Å²) in [7, 11) is 0. The second-order valence-corrected chi connectivity index (χ2v) is 10.3. The molecule has 0 bridgehead atoms.